The predicted octanol–water partition coefficient (Wildman–Crippen LogP) is 3.17. The van der Waals surface area contributed by atoms with Crippen molar-refractivity contribution in [2.75, 3.05) is 6.61 Å². The zero-order chi connectivity index (χ0) is 16.7. The van der Waals surface area contributed by atoms with Crippen LogP contribution in [0.15, 0.2) is 6.07 Å². The van der Waals surface area contributed by atoms with Gasteiger partial charge in [0.05, 0.1) is 6.07 Å². The summed E-state index contributed by atoms with van der Waals surface area (Å²) in [5.41, 5.74) is 1.09. The first kappa shape index (κ1) is 18.1. The molecule has 118 valence electrons. The molecule has 0 spiro atoms. The molecule has 6 heteroatoms. The van der Waals surface area contributed by atoms with Gasteiger partial charge in [-0.25, -0.2) is 4.79 Å². The Kier molecular flexibility index (Phi) is 6.93. The maximum absolute atomic E-state index is 12.0. The summed E-state index contributed by atoms with van der Waals surface area (Å²) in [4.78, 5) is 25.4. The number of nitrogens with zero attached hydrogens (tertiary/aromatic N) is 1. The Labute approximate surface area is 134 Å². The molecule has 1 heterocycles. The highest BCUT2D eigenvalue weighted by Crippen LogP contribution is 2.25. The second-order valence-corrected chi connectivity index (χ2v) is 6.09. The molecular formula is C16H20N2O3S. The number of hydrogen-bond acceptors (Lipinski definition) is 6. The van der Waals surface area contributed by atoms with E-state index in [1.54, 1.807) is 6.07 Å². The van der Waals surface area contributed by atoms with Crippen LogP contribution in [0.4, 0.5) is 0 Å². The summed E-state index contributed by atoms with van der Waals surface area (Å²) in [7, 11) is 0. The van der Waals surface area contributed by atoms with Crippen LogP contribution in [-0.2, 0) is 22.4 Å². The van der Waals surface area contributed by atoms with Crippen molar-refractivity contribution < 1.29 is 14.3 Å². The Morgan fingerprint density at radius 3 is 2.64 bits per heavy atom. The van der Waals surface area contributed by atoms with Gasteiger partial charge in [0.25, 0.3) is 0 Å². The minimum atomic E-state index is -1.14. The van der Waals surface area contributed by atoms with E-state index in [9.17, 15) is 9.59 Å². The van der Waals surface area contributed by atoms with Gasteiger partial charge in [0.2, 0.25) is 0 Å². The molecule has 0 bridgehead atoms. The number of esters is 1. The predicted molar refractivity (Wildman–Crippen MR) is 85.5 cm³/mol. The Balaban J connectivity index is 2.72. The molecule has 0 fully saturated rings. The van der Waals surface area contributed by atoms with E-state index in [-0.39, 0.29) is 5.71 Å². The zero-order valence-corrected chi connectivity index (χ0v) is 13.9. The van der Waals surface area contributed by atoms with Gasteiger partial charge in [-0.05, 0) is 31.4 Å². The van der Waals surface area contributed by atoms with Crippen molar-refractivity contribution in [3.63, 3.8) is 0 Å². The SMILES string of the molecule is CCCc1sc(C(=O)OCC(=O)[C@H](C#N)C(C)=N)cc1CC. The van der Waals surface area contributed by atoms with E-state index in [1.165, 1.54) is 23.1 Å². The number of thiophene rings is 1. The summed E-state index contributed by atoms with van der Waals surface area (Å²) >= 11 is 1.40. The summed E-state index contributed by atoms with van der Waals surface area (Å²) in [6.45, 7) is 5.02. The third kappa shape index (κ3) is 4.50. The third-order valence-electron chi connectivity index (χ3n) is 3.19. The monoisotopic (exact) mass is 320 g/mol. The second kappa shape index (κ2) is 8.44. The first-order chi connectivity index (χ1) is 10.4. The lowest BCUT2D eigenvalue weighted by atomic mass is 10.0. The summed E-state index contributed by atoms with van der Waals surface area (Å²) < 4.78 is 4.99. The maximum atomic E-state index is 12.0. The highest BCUT2D eigenvalue weighted by Gasteiger charge is 2.22. The van der Waals surface area contributed by atoms with Crippen molar-refractivity contribution in [3.05, 3.63) is 21.4 Å². The number of carbonyl (C=O) groups excluding carboxylic acids is 2. The lowest BCUT2D eigenvalue weighted by Gasteiger charge is -2.06. The van der Waals surface area contributed by atoms with Crippen molar-refractivity contribution in [3.8, 4) is 6.07 Å². The van der Waals surface area contributed by atoms with E-state index in [0.717, 1.165) is 24.8 Å². The second-order valence-electron chi connectivity index (χ2n) is 4.95. The van der Waals surface area contributed by atoms with Gasteiger partial charge in [-0.3, -0.25) is 4.79 Å². The fraction of sp³-hybridized carbons (Fsp3) is 0.500. The summed E-state index contributed by atoms with van der Waals surface area (Å²) in [6.07, 6.45) is 2.77. The molecule has 1 N–H and O–H groups in total. The highest BCUT2D eigenvalue weighted by atomic mass is 32.1. The molecule has 0 aliphatic rings. The normalized spacial score (nSPS) is 11.5. The van der Waals surface area contributed by atoms with E-state index in [4.69, 9.17) is 15.4 Å². The van der Waals surface area contributed by atoms with E-state index in [2.05, 4.69) is 6.92 Å². The van der Waals surface area contributed by atoms with Gasteiger partial charge in [0.15, 0.2) is 12.4 Å². The Hall–Kier alpha value is -2.00. The molecule has 0 amide bonds. The lowest BCUT2D eigenvalue weighted by molar-refractivity contribution is -0.122. The molecule has 0 unspecified atom stereocenters. The molecule has 0 radical (unpaired) electrons. The molecule has 0 aliphatic carbocycles. The van der Waals surface area contributed by atoms with Gasteiger partial charge in [-0.1, -0.05) is 20.3 Å². The molecule has 1 aromatic heterocycles. The van der Waals surface area contributed by atoms with Crippen molar-refractivity contribution >= 4 is 28.8 Å². The lowest BCUT2D eigenvalue weighted by Crippen LogP contribution is -2.25. The standard InChI is InChI=1S/C16H20N2O3S/c1-4-6-14-11(5-2)7-15(22-14)16(20)21-9-13(19)12(8-17)10(3)18/h7,12,18H,4-6,9H2,1-3H3/t12-/m1/s1. The van der Waals surface area contributed by atoms with Crippen molar-refractivity contribution in [2.24, 2.45) is 5.92 Å². The van der Waals surface area contributed by atoms with E-state index >= 15 is 0 Å². The summed E-state index contributed by atoms with van der Waals surface area (Å²) in [5, 5.41) is 16.2. The number of nitriles is 1. The summed E-state index contributed by atoms with van der Waals surface area (Å²) in [6, 6.07) is 3.55. The van der Waals surface area contributed by atoms with E-state index in [1.807, 2.05) is 13.0 Å². The molecule has 0 saturated heterocycles. The van der Waals surface area contributed by atoms with Crippen LogP contribution in [0.5, 0.6) is 0 Å². The number of carbonyl (C=O) groups is 2. The average Bonchev–Trinajstić information content (AvgIpc) is 2.88. The van der Waals surface area contributed by atoms with Crippen molar-refractivity contribution in [1.82, 2.24) is 0 Å². The number of ketones is 1. The van der Waals surface area contributed by atoms with Crippen molar-refractivity contribution in [2.45, 2.75) is 40.0 Å². The molecule has 5 nitrogen and oxygen atoms in total. The number of aryl methyl sites for hydroxylation is 2. The minimum absolute atomic E-state index is 0.0434. The zero-order valence-electron chi connectivity index (χ0n) is 13.1. The first-order valence-electron chi connectivity index (χ1n) is 7.20. The molecular weight excluding hydrogens is 300 g/mol. The number of hydrogen-bond donors (Lipinski definition) is 1. The van der Waals surface area contributed by atoms with Gasteiger partial charge in [-0.2, -0.15) is 5.26 Å². The topological polar surface area (TPSA) is 91.0 Å². The number of ether oxygens (including phenoxy) is 1. The fourth-order valence-corrected chi connectivity index (χ4v) is 3.26. The van der Waals surface area contributed by atoms with Gasteiger partial charge in [0.1, 0.15) is 10.8 Å². The molecule has 1 rings (SSSR count). The van der Waals surface area contributed by atoms with Crippen LogP contribution < -0.4 is 0 Å². The van der Waals surface area contributed by atoms with Crippen LogP contribution >= 0.6 is 11.3 Å². The first-order valence-corrected chi connectivity index (χ1v) is 8.02. The Morgan fingerprint density at radius 2 is 2.14 bits per heavy atom. The molecule has 0 aromatic carbocycles. The Bertz CT molecular complexity index is 613. The van der Waals surface area contributed by atoms with Gasteiger partial charge in [0, 0.05) is 10.6 Å². The van der Waals surface area contributed by atoms with Gasteiger partial charge < -0.3 is 10.1 Å². The largest absolute Gasteiger partial charge is 0.453 e. The highest BCUT2D eigenvalue weighted by molar-refractivity contribution is 7.14. The van der Waals surface area contributed by atoms with E-state index < -0.39 is 24.3 Å². The van der Waals surface area contributed by atoms with Crippen LogP contribution in [0.2, 0.25) is 0 Å². The van der Waals surface area contributed by atoms with Crippen LogP contribution in [0, 0.1) is 22.7 Å². The number of Topliss-reactive ketones (excluding diaryl/α,β-unsaturated/α-hetero) is 1. The molecule has 1 aromatic rings. The number of rotatable bonds is 8. The van der Waals surface area contributed by atoms with Crippen LogP contribution in [0.25, 0.3) is 0 Å². The fourth-order valence-electron chi connectivity index (χ4n) is 2.01. The van der Waals surface area contributed by atoms with Crippen LogP contribution in [0.3, 0.4) is 0 Å². The van der Waals surface area contributed by atoms with E-state index in [0.29, 0.717) is 4.88 Å². The molecule has 0 aliphatic heterocycles. The van der Waals surface area contributed by atoms with Gasteiger partial charge in [-0.15, -0.1) is 11.3 Å². The van der Waals surface area contributed by atoms with Crippen LogP contribution in [0.1, 0.15) is 47.3 Å². The maximum Gasteiger partial charge on any atom is 0.348 e. The Morgan fingerprint density at radius 1 is 1.45 bits per heavy atom. The van der Waals surface area contributed by atoms with Gasteiger partial charge >= 0.3 is 5.97 Å². The smallest absolute Gasteiger partial charge is 0.348 e. The average molecular weight is 320 g/mol. The minimum Gasteiger partial charge on any atom is -0.453 e. The molecule has 22 heavy (non-hydrogen) atoms. The third-order valence-corrected chi connectivity index (χ3v) is 4.40. The molecule has 1 atom stereocenters. The number of nitrogens with one attached hydrogen (secondary N) is 1. The van der Waals surface area contributed by atoms with Crippen molar-refractivity contribution in [1.29, 1.82) is 10.7 Å². The summed E-state index contributed by atoms with van der Waals surface area (Å²) in [5.74, 6) is -2.25. The molecule has 0 saturated carbocycles. The quantitative estimate of drug-likeness (QED) is 0.588. The van der Waals surface area contributed by atoms with Crippen LogP contribution in [-0.4, -0.2) is 24.1 Å².